The smallest absolute Gasteiger partial charge is 0.263 e. The Labute approximate surface area is 210 Å². The van der Waals surface area contributed by atoms with Gasteiger partial charge in [0.2, 0.25) is 5.95 Å². The normalized spacial score (nSPS) is 16.0. The van der Waals surface area contributed by atoms with Gasteiger partial charge in [0.05, 0.1) is 27.2 Å². The fourth-order valence-corrected chi connectivity index (χ4v) is 6.06. The number of H-pyrrole nitrogens is 1. The summed E-state index contributed by atoms with van der Waals surface area (Å²) < 4.78 is 0. The highest BCUT2D eigenvalue weighted by Crippen LogP contribution is 2.39. The second kappa shape index (κ2) is 8.46. The molecule has 2 aliphatic heterocycles. The summed E-state index contributed by atoms with van der Waals surface area (Å²) in [5.41, 5.74) is 5.60. The number of nitrogens with zero attached hydrogens (tertiary/aromatic N) is 4. The molecule has 0 saturated carbocycles. The zero-order chi connectivity index (χ0) is 23.4. The SMILES string of the molecule is CN1CCc2c([nH]c3cc(Nc4ncc5c(n4)SCN(c4c(Cl)cccc4Cl)C5=O)ccc23)C1. The highest BCUT2D eigenvalue weighted by Gasteiger charge is 2.30. The number of rotatable bonds is 3. The Morgan fingerprint density at radius 2 is 2.00 bits per heavy atom. The molecule has 2 aromatic carbocycles. The molecule has 0 atom stereocenters. The third kappa shape index (κ3) is 3.71. The number of carbonyl (C=O) groups is 1. The molecule has 0 spiro atoms. The van der Waals surface area contributed by atoms with Crippen LogP contribution in [0.4, 0.5) is 17.3 Å². The van der Waals surface area contributed by atoms with Gasteiger partial charge in [0.15, 0.2) is 0 Å². The highest BCUT2D eigenvalue weighted by atomic mass is 35.5. The van der Waals surface area contributed by atoms with Crippen LogP contribution in [0.3, 0.4) is 0 Å². The molecule has 10 heteroatoms. The molecule has 0 saturated heterocycles. The summed E-state index contributed by atoms with van der Waals surface area (Å²) >= 11 is 14.1. The van der Waals surface area contributed by atoms with Crippen LogP contribution in [0.2, 0.25) is 10.0 Å². The average molecular weight is 511 g/mol. The first-order chi connectivity index (χ1) is 16.5. The van der Waals surface area contributed by atoms with Crippen LogP contribution in [-0.2, 0) is 13.0 Å². The number of thioether (sulfide) groups is 1. The van der Waals surface area contributed by atoms with Crippen molar-refractivity contribution in [2.75, 3.05) is 29.7 Å². The minimum absolute atomic E-state index is 0.223. The van der Waals surface area contributed by atoms with Crippen LogP contribution in [0.1, 0.15) is 21.6 Å². The molecule has 0 fully saturated rings. The zero-order valence-electron chi connectivity index (χ0n) is 18.2. The first-order valence-corrected chi connectivity index (χ1v) is 12.6. The average Bonchev–Trinajstić information content (AvgIpc) is 3.17. The van der Waals surface area contributed by atoms with Crippen LogP contribution in [0.15, 0.2) is 47.6 Å². The Balaban J connectivity index is 1.26. The Hall–Kier alpha value is -2.78. The van der Waals surface area contributed by atoms with Crippen molar-refractivity contribution in [1.29, 1.82) is 0 Å². The van der Waals surface area contributed by atoms with E-state index in [0.717, 1.165) is 30.7 Å². The number of hydrogen-bond acceptors (Lipinski definition) is 6. The van der Waals surface area contributed by atoms with Gasteiger partial charge in [-0.2, -0.15) is 0 Å². The zero-order valence-corrected chi connectivity index (χ0v) is 20.6. The number of aromatic amines is 1. The molecule has 2 N–H and O–H groups in total. The van der Waals surface area contributed by atoms with Crippen molar-refractivity contribution in [2.24, 2.45) is 0 Å². The Morgan fingerprint density at radius 1 is 1.18 bits per heavy atom. The van der Waals surface area contributed by atoms with E-state index in [9.17, 15) is 4.79 Å². The maximum Gasteiger partial charge on any atom is 0.263 e. The molecule has 0 unspecified atom stereocenters. The molecule has 4 aromatic rings. The third-order valence-electron chi connectivity index (χ3n) is 6.19. The Bertz CT molecular complexity index is 1430. The molecule has 6 rings (SSSR count). The topological polar surface area (TPSA) is 77.2 Å². The van der Waals surface area contributed by atoms with Crippen LogP contribution in [-0.4, -0.2) is 45.2 Å². The van der Waals surface area contributed by atoms with Crippen LogP contribution >= 0.6 is 35.0 Å². The Morgan fingerprint density at radius 3 is 2.82 bits per heavy atom. The lowest BCUT2D eigenvalue weighted by Crippen LogP contribution is -2.35. The van der Waals surface area contributed by atoms with Crippen molar-refractivity contribution in [2.45, 2.75) is 18.0 Å². The number of halogens is 2. The van der Waals surface area contributed by atoms with E-state index in [2.05, 4.69) is 44.3 Å². The minimum Gasteiger partial charge on any atom is -0.357 e. The van der Waals surface area contributed by atoms with Gasteiger partial charge in [-0.3, -0.25) is 9.69 Å². The van der Waals surface area contributed by atoms with Crippen LogP contribution in [0, 0.1) is 0 Å². The van der Waals surface area contributed by atoms with Crippen molar-refractivity contribution in [3.8, 4) is 0 Å². The van der Waals surface area contributed by atoms with Gasteiger partial charge in [0.25, 0.3) is 5.91 Å². The summed E-state index contributed by atoms with van der Waals surface area (Å²) in [7, 11) is 2.14. The van der Waals surface area contributed by atoms with Crippen LogP contribution in [0.25, 0.3) is 10.9 Å². The summed E-state index contributed by atoms with van der Waals surface area (Å²) in [6.07, 6.45) is 2.60. The quantitative estimate of drug-likeness (QED) is 0.344. The lowest BCUT2D eigenvalue weighted by molar-refractivity contribution is 0.0985. The van der Waals surface area contributed by atoms with E-state index >= 15 is 0 Å². The standard InChI is InChI=1S/C24H20Cl2N6OS/c1-31-8-7-15-14-6-5-13(9-19(14)29-20(15)11-31)28-24-27-10-16-22(30-24)34-12-32(23(16)33)21-17(25)3-2-4-18(21)26/h2-6,9-10,29H,7-8,11-12H2,1H3,(H,27,28,30). The number of benzene rings is 2. The fraction of sp³-hybridized carbons (Fsp3) is 0.208. The van der Waals surface area contributed by atoms with Crippen molar-refractivity contribution >= 4 is 69.1 Å². The largest absolute Gasteiger partial charge is 0.357 e. The van der Waals surface area contributed by atoms with Crippen molar-refractivity contribution < 1.29 is 4.79 Å². The van der Waals surface area contributed by atoms with Crippen molar-refractivity contribution in [3.05, 3.63) is 69.5 Å². The van der Waals surface area contributed by atoms with E-state index in [-0.39, 0.29) is 5.91 Å². The number of hydrogen-bond donors (Lipinski definition) is 2. The van der Waals surface area contributed by atoms with E-state index in [0.29, 0.717) is 38.1 Å². The molecule has 2 aliphatic rings. The molecule has 0 bridgehead atoms. The summed E-state index contributed by atoms with van der Waals surface area (Å²) in [5, 5.41) is 6.02. The van der Waals surface area contributed by atoms with Gasteiger partial charge in [-0.25, -0.2) is 9.97 Å². The van der Waals surface area contributed by atoms with Gasteiger partial charge >= 0.3 is 0 Å². The van der Waals surface area contributed by atoms with Gasteiger partial charge in [0, 0.05) is 41.6 Å². The number of fused-ring (bicyclic) bond motifs is 4. The van der Waals surface area contributed by atoms with E-state index < -0.39 is 0 Å². The van der Waals surface area contributed by atoms with E-state index in [1.807, 2.05) is 6.07 Å². The first kappa shape index (κ1) is 21.7. The lowest BCUT2D eigenvalue weighted by atomic mass is 10.0. The molecular formula is C24H20Cl2N6OS. The molecule has 7 nitrogen and oxygen atoms in total. The predicted octanol–water partition coefficient (Wildman–Crippen LogP) is 5.71. The van der Waals surface area contributed by atoms with Gasteiger partial charge in [0.1, 0.15) is 5.03 Å². The maximum atomic E-state index is 13.1. The number of likely N-dealkylation sites (N-methyl/N-ethyl adjacent to an activating group) is 1. The van der Waals surface area contributed by atoms with Crippen molar-refractivity contribution in [1.82, 2.24) is 19.9 Å². The van der Waals surface area contributed by atoms with Gasteiger partial charge in [-0.1, -0.05) is 47.1 Å². The number of carbonyl (C=O) groups excluding carboxylic acids is 1. The van der Waals surface area contributed by atoms with Crippen LogP contribution < -0.4 is 10.2 Å². The van der Waals surface area contributed by atoms with Crippen molar-refractivity contribution in [3.63, 3.8) is 0 Å². The number of aromatic nitrogens is 3. The van der Waals surface area contributed by atoms with E-state index in [1.165, 1.54) is 28.4 Å². The van der Waals surface area contributed by atoms with E-state index in [4.69, 9.17) is 23.2 Å². The second-order valence-electron chi connectivity index (χ2n) is 8.44. The van der Waals surface area contributed by atoms with Gasteiger partial charge in [-0.15, -0.1) is 0 Å². The number of para-hydroxylation sites is 1. The third-order valence-corrected chi connectivity index (χ3v) is 7.77. The van der Waals surface area contributed by atoms with Crippen LogP contribution in [0.5, 0.6) is 0 Å². The summed E-state index contributed by atoms with van der Waals surface area (Å²) in [6, 6.07) is 11.4. The highest BCUT2D eigenvalue weighted by molar-refractivity contribution is 7.99. The molecule has 0 aliphatic carbocycles. The molecule has 34 heavy (non-hydrogen) atoms. The predicted molar refractivity (Wildman–Crippen MR) is 138 cm³/mol. The first-order valence-electron chi connectivity index (χ1n) is 10.8. The number of nitrogens with one attached hydrogen (secondary N) is 2. The number of anilines is 3. The lowest BCUT2D eigenvalue weighted by Gasteiger charge is -2.28. The monoisotopic (exact) mass is 510 g/mol. The minimum atomic E-state index is -0.223. The fourth-order valence-electron chi connectivity index (χ4n) is 4.52. The number of amides is 1. The summed E-state index contributed by atoms with van der Waals surface area (Å²) in [4.78, 5) is 29.6. The molecule has 4 heterocycles. The Kier molecular flexibility index (Phi) is 5.41. The second-order valence-corrected chi connectivity index (χ2v) is 10.2. The van der Waals surface area contributed by atoms with E-state index in [1.54, 1.807) is 29.3 Å². The molecular weight excluding hydrogens is 491 g/mol. The molecule has 172 valence electrons. The maximum absolute atomic E-state index is 13.1. The summed E-state index contributed by atoms with van der Waals surface area (Å²) in [6.45, 7) is 2.00. The molecule has 1 amide bonds. The van der Waals surface area contributed by atoms with Gasteiger partial charge < -0.3 is 15.2 Å². The summed E-state index contributed by atoms with van der Waals surface area (Å²) in [5.74, 6) is 0.581. The molecule has 2 aromatic heterocycles. The molecule has 0 radical (unpaired) electrons. The van der Waals surface area contributed by atoms with Gasteiger partial charge in [-0.05, 0) is 43.3 Å².